The summed E-state index contributed by atoms with van der Waals surface area (Å²) in [4.78, 5) is 30.4. The number of nitrogens with zero attached hydrogens (tertiary/aromatic N) is 2. The molecule has 6 heteroatoms. The average molecular weight is 469 g/mol. The normalized spacial score (nSPS) is 21.4. The molecule has 0 aromatic heterocycles. The summed E-state index contributed by atoms with van der Waals surface area (Å²) in [7, 11) is 1.61. The first kappa shape index (κ1) is 22.7. The van der Waals surface area contributed by atoms with Crippen molar-refractivity contribution >= 4 is 23.8 Å². The number of rotatable bonds is 6. The number of ether oxygens (including phenoxy) is 2. The zero-order chi connectivity index (χ0) is 24.3. The predicted octanol–water partition coefficient (Wildman–Crippen LogP) is 5.30. The Morgan fingerprint density at radius 1 is 1.00 bits per heavy atom. The Morgan fingerprint density at radius 2 is 1.69 bits per heavy atom. The van der Waals surface area contributed by atoms with Gasteiger partial charge in [-0.3, -0.25) is 9.69 Å². The first-order chi connectivity index (χ1) is 17.1. The van der Waals surface area contributed by atoms with Gasteiger partial charge in [-0.2, -0.15) is 0 Å². The Bertz CT molecular complexity index is 1210. The van der Waals surface area contributed by atoms with E-state index in [1.807, 2.05) is 97.1 Å². The van der Waals surface area contributed by atoms with Crippen LogP contribution in [0.15, 0.2) is 91.0 Å². The van der Waals surface area contributed by atoms with Gasteiger partial charge < -0.3 is 14.4 Å². The molecule has 0 aliphatic carbocycles. The van der Waals surface area contributed by atoms with Crippen molar-refractivity contribution in [3.8, 4) is 5.75 Å². The third kappa shape index (κ3) is 4.16. The SMILES string of the molecule is COc1ccc(N2C(=O)[C@]3(CCCN3C(=O)OCc3ccccc3)[C@H]2/C=C/c2ccccc2)cc1. The lowest BCUT2D eigenvalue weighted by Crippen LogP contribution is -2.78. The van der Waals surface area contributed by atoms with Crippen LogP contribution in [0, 0.1) is 0 Å². The van der Waals surface area contributed by atoms with Gasteiger partial charge in [0.15, 0.2) is 0 Å². The van der Waals surface area contributed by atoms with Crippen LogP contribution in [0.25, 0.3) is 6.08 Å². The van der Waals surface area contributed by atoms with Gasteiger partial charge in [-0.05, 0) is 48.2 Å². The summed E-state index contributed by atoms with van der Waals surface area (Å²) in [5.41, 5.74) is 1.77. The molecule has 2 aliphatic rings. The van der Waals surface area contributed by atoms with Gasteiger partial charge >= 0.3 is 6.09 Å². The summed E-state index contributed by atoms with van der Waals surface area (Å²) in [5, 5.41) is 0. The lowest BCUT2D eigenvalue weighted by atomic mass is 9.75. The molecule has 2 fully saturated rings. The third-order valence-electron chi connectivity index (χ3n) is 6.82. The Labute approximate surface area is 205 Å². The zero-order valence-corrected chi connectivity index (χ0v) is 19.7. The Hall–Kier alpha value is -4.06. The number of anilines is 1. The van der Waals surface area contributed by atoms with E-state index in [9.17, 15) is 9.59 Å². The van der Waals surface area contributed by atoms with E-state index >= 15 is 0 Å². The maximum atomic E-state index is 13.8. The topological polar surface area (TPSA) is 59.1 Å². The Balaban J connectivity index is 1.44. The van der Waals surface area contributed by atoms with Crippen LogP contribution in [-0.4, -0.2) is 42.1 Å². The zero-order valence-electron chi connectivity index (χ0n) is 19.7. The third-order valence-corrected chi connectivity index (χ3v) is 6.82. The van der Waals surface area contributed by atoms with Crippen LogP contribution >= 0.6 is 0 Å². The van der Waals surface area contributed by atoms with Crippen LogP contribution in [0.1, 0.15) is 24.0 Å². The Kier molecular flexibility index (Phi) is 6.27. The molecule has 2 heterocycles. The van der Waals surface area contributed by atoms with Crippen LogP contribution < -0.4 is 9.64 Å². The summed E-state index contributed by atoms with van der Waals surface area (Å²) in [6, 6.07) is 26.6. The van der Waals surface area contributed by atoms with E-state index in [1.54, 1.807) is 16.9 Å². The minimum atomic E-state index is -0.945. The molecule has 1 spiro atoms. The van der Waals surface area contributed by atoms with Crippen molar-refractivity contribution < 1.29 is 19.1 Å². The van der Waals surface area contributed by atoms with E-state index in [-0.39, 0.29) is 18.6 Å². The van der Waals surface area contributed by atoms with Crippen molar-refractivity contribution in [3.63, 3.8) is 0 Å². The van der Waals surface area contributed by atoms with Crippen molar-refractivity contribution in [2.24, 2.45) is 0 Å². The highest BCUT2D eigenvalue weighted by atomic mass is 16.6. The number of benzene rings is 3. The summed E-state index contributed by atoms with van der Waals surface area (Å²) in [5.74, 6) is 0.638. The number of hydrogen-bond donors (Lipinski definition) is 0. The average Bonchev–Trinajstić information content (AvgIpc) is 3.38. The van der Waals surface area contributed by atoms with Crippen LogP contribution in [0.3, 0.4) is 0 Å². The summed E-state index contributed by atoms with van der Waals surface area (Å²) >= 11 is 0. The second-order valence-corrected chi connectivity index (χ2v) is 8.81. The van der Waals surface area contributed by atoms with E-state index in [0.29, 0.717) is 13.0 Å². The molecule has 2 atom stereocenters. The molecule has 0 N–H and O–H groups in total. The first-order valence-electron chi connectivity index (χ1n) is 11.8. The van der Waals surface area contributed by atoms with Crippen molar-refractivity contribution in [2.45, 2.75) is 31.0 Å². The molecular formula is C29H28N2O4. The van der Waals surface area contributed by atoms with Gasteiger partial charge in [0, 0.05) is 12.2 Å². The molecule has 3 aromatic carbocycles. The quantitative estimate of drug-likeness (QED) is 0.461. The van der Waals surface area contributed by atoms with Crippen LogP contribution in [0.5, 0.6) is 5.75 Å². The van der Waals surface area contributed by atoms with Gasteiger partial charge in [0.05, 0.1) is 13.2 Å². The smallest absolute Gasteiger partial charge is 0.411 e. The molecule has 35 heavy (non-hydrogen) atoms. The minimum Gasteiger partial charge on any atom is -0.497 e. The van der Waals surface area contributed by atoms with Crippen molar-refractivity contribution in [1.82, 2.24) is 4.90 Å². The maximum absolute atomic E-state index is 13.8. The van der Waals surface area contributed by atoms with E-state index < -0.39 is 11.6 Å². The first-order valence-corrected chi connectivity index (χ1v) is 11.8. The van der Waals surface area contributed by atoms with Crippen LogP contribution in [-0.2, 0) is 16.1 Å². The van der Waals surface area contributed by atoms with Gasteiger partial charge in [0.2, 0.25) is 0 Å². The fraction of sp³-hybridized carbons (Fsp3) is 0.241. The molecule has 2 saturated heterocycles. The monoisotopic (exact) mass is 468 g/mol. The molecule has 3 aromatic rings. The van der Waals surface area contributed by atoms with E-state index in [4.69, 9.17) is 9.47 Å². The molecule has 0 bridgehead atoms. The number of methoxy groups -OCH3 is 1. The van der Waals surface area contributed by atoms with E-state index in [2.05, 4.69) is 0 Å². The molecule has 178 valence electrons. The maximum Gasteiger partial charge on any atom is 0.411 e. The lowest BCUT2D eigenvalue weighted by molar-refractivity contribution is -0.138. The standard InChI is InChI=1S/C29H28N2O4/c1-34-25-16-14-24(15-17-25)31-26(18-13-22-9-4-2-5-10-22)29(27(31)32)19-8-20-30(29)28(33)35-21-23-11-6-3-7-12-23/h2-7,9-18,26H,8,19-21H2,1H3/b18-13+/t26-,29+/m1/s1. The molecular weight excluding hydrogens is 440 g/mol. The van der Waals surface area contributed by atoms with Crippen molar-refractivity contribution in [3.05, 3.63) is 102 Å². The molecule has 0 saturated carbocycles. The van der Waals surface area contributed by atoms with E-state index in [0.717, 1.165) is 29.0 Å². The molecule has 2 aliphatic heterocycles. The highest BCUT2D eigenvalue weighted by molar-refractivity contribution is 6.11. The molecule has 6 nitrogen and oxygen atoms in total. The molecule has 0 unspecified atom stereocenters. The fourth-order valence-corrected chi connectivity index (χ4v) is 5.06. The Morgan fingerprint density at radius 3 is 2.37 bits per heavy atom. The molecule has 2 amide bonds. The van der Waals surface area contributed by atoms with E-state index in [1.165, 1.54) is 0 Å². The number of carbonyl (C=O) groups is 2. The largest absolute Gasteiger partial charge is 0.497 e. The van der Waals surface area contributed by atoms with Crippen molar-refractivity contribution in [2.75, 3.05) is 18.6 Å². The van der Waals surface area contributed by atoms with Gasteiger partial charge in [-0.1, -0.05) is 72.8 Å². The number of β-lactam (4-membered cyclic amide) rings is 1. The minimum absolute atomic E-state index is 0.0838. The van der Waals surface area contributed by atoms with Gasteiger partial charge in [-0.25, -0.2) is 4.79 Å². The molecule has 0 radical (unpaired) electrons. The van der Waals surface area contributed by atoms with Crippen LogP contribution in [0.2, 0.25) is 0 Å². The molecule has 5 rings (SSSR count). The number of likely N-dealkylation sites (tertiary alicyclic amines) is 1. The second-order valence-electron chi connectivity index (χ2n) is 8.81. The van der Waals surface area contributed by atoms with Gasteiger partial charge in [0.1, 0.15) is 17.9 Å². The van der Waals surface area contributed by atoms with Gasteiger partial charge in [-0.15, -0.1) is 0 Å². The predicted molar refractivity (Wildman–Crippen MR) is 135 cm³/mol. The second kappa shape index (κ2) is 9.66. The number of amides is 2. The highest BCUT2D eigenvalue weighted by Crippen LogP contribution is 2.47. The fourth-order valence-electron chi connectivity index (χ4n) is 5.06. The lowest BCUT2D eigenvalue weighted by Gasteiger charge is -2.56. The number of carbonyl (C=O) groups excluding carboxylic acids is 2. The van der Waals surface area contributed by atoms with Crippen molar-refractivity contribution in [1.29, 1.82) is 0 Å². The highest BCUT2D eigenvalue weighted by Gasteiger charge is 2.66. The number of hydrogen-bond acceptors (Lipinski definition) is 4. The summed E-state index contributed by atoms with van der Waals surface area (Å²) in [6.45, 7) is 0.665. The summed E-state index contributed by atoms with van der Waals surface area (Å²) in [6.07, 6.45) is 4.94. The van der Waals surface area contributed by atoms with Crippen LogP contribution in [0.4, 0.5) is 10.5 Å². The summed E-state index contributed by atoms with van der Waals surface area (Å²) < 4.78 is 10.9. The van der Waals surface area contributed by atoms with Gasteiger partial charge in [0.25, 0.3) is 5.91 Å².